The van der Waals surface area contributed by atoms with Crippen molar-refractivity contribution in [1.82, 2.24) is 14.7 Å². The number of sulfone groups is 1. The zero-order valence-corrected chi connectivity index (χ0v) is 17.5. The highest BCUT2D eigenvalue weighted by atomic mass is 32.2. The number of amides is 1. The van der Waals surface area contributed by atoms with Crippen LogP contribution in [0.1, 0.15) is 22.3 Å². The van der Waals surface area contributed by atoms with E-state index in [9.17, 15) is 13.2 Å². The molecular weight excluding hydrogens is 402 g/mol. The minimum Gasteiger partial charge on any atom is -0.497 e. The number of carbonyl (C=O) groups excluding carboxylic acids is 1. The minimum absolute atomic E-state index is 0.0122. The van der Waals surface area contributed by atoms with E-state index in [-0.39, 0.29) is 23.5 Å². The lowest BCUT2D eigenvalue weighted by atomic mass is 10.1. The molecule has 2 heterocycles. The fourth-order valence-corrected chi connectivity index (χ4v) is 5.37. The van der Waals surface area contributed by atoms with Gasteiger partial charge in [-0.05, 0) is 36.2 Å². The standard InChI is InChI=1S/C22H23N3O4S/c1-29-21-9-7-17(8-10-21)14-24(20-11-12-30(27,28)16-20)22(26)18-13-23-25(15-18)19-5-3-2-4-6-19/h2-10,13,15,20H,11-12,14,16H2,1H3. The average Bonchev–Trinajstić information content (AvgIpc) is 3.39. The second kappa shape index (κ2) is 8.31. The number of hydrogen-bond acceptors (Lipinski definition) is 5. The first-order valence-corrected chi connectivity index (χ1v) is 11.5. The van der Waals surface area contributed by atoms with Crippen LogP contribution >= 0.6 is 0 Å². The van der Waals surface area contributed by atoms with E-state index in [1.807, 2.05) is 54.6 Å². The summed E-state index contributed by atoms with van der Waals surface area (Å²) in [4.78, 5) is 15.0. The number of nitrogens with zero attached hydrogens (tertiary/aromatic N) is 3. The lowest BCUT2D eigenvalue weighted by Crippen LogP contribution is -2.40. The van der Waals surface area contributed by atoms with Gasteiger partial charge in [0.25, 0.3) is 5.91 Å². The fraction of sp³-hybridized carbons (Fsp3) is 0.273. The summed E-state index contributed by atoms with van der Waals surface area (Å²) in [5.74, 6) is 0.592. The SMILES string of the molecule is COc1ccc(CN(C(=O)c2cnn(-c3ccccc3)c2)C2CCS(=O)(=O)C2)cc1. The summed E-state index contributed by atoms with van der Waals surface area (Å²) in [6.07, 6.45) is 3.65. The van der Waals surface area contributed by atoms with Gasteiger partial charge in [0.1, 0.15) is 5.75 Å². The van der Waals surface area contributed by atoms with Crippen LogP contribution in [0.25, 0.3) is 5.69 Å². The molecule has 0 N–H and O–H groups in total. The van der Waals surface area contributed by atoms with Crippen molar-refractivity contribution in [3.63, 3.8) is 0 Å². The maximum atomic E-state index is 13.4. The first-order chi connectivity index (χ1) is 14.4. The van der Waals surface area contributed by atoms with E-state index in [4.69, 9.17) is 4.74 Å². The molecule has 1 amide bonds. The summed E-state index contributed by atoms with van der Waals surface area (Å²) in [6, 6.07) is 16.6. The number of carbonyl (C=O) groups is 1. The fourth-order valence-electron chi connectivity index (χ4n) is 3.64. The Labute approximate surface area is 175 Å². The van der Waals surface area contributed by atoms with Gasteiger partial charge in [-0.1, -0.05) is 30.3 Å². The molecule has 1 fully saturated rings. The highest BCUT2D eigenvalue weighted by Gasteiger charge is 2.35. The lowest BCUT2D eigenvalue weighted by Gasteiger charge is -2.28. The molecule has 8 heteroatoms. The summed E-state index contributed by atoms with van der Waals surface area (Å²) in [7, 11) is -1.54. The molecule has 7 nitrogen and oxygen atoms in total. The molecule has 156 valence electrons. The topological polar surface area (TPSA) is 81.5 Å². The molecule has 1 aliphatic heterocycles. The normalized spacial score (nSPS) is 17.6. The third-order valence-corrected chi connectivity index (χ3v) is 7.02. The number of methoxy groups -OCH3 is 1. The van der Waals surface area contributed by atoms with Crippen LogP contribution in [0.3, 0.4) is 0 Å². The number of hydrogen-bond donors (Lipinski definition) is 0. The van der Waals surface area contributed by atoms with E-state index in [0.29, 0.717) is 18.5 Å². The first-order valence-electron chi connectivity index (χ1n) is 9.69. The molecule has 1 saturated heterocycles. The van der Waals surface area contributed by atoms with E-state index < -0.39 is 9.84 Å². The summed E-state index contributed by atoms with van der Waals surface area (Å²) >= 11 is 0. The van der Waals surface area contributed by atoms with Crippen molar-refractivity contribution in [1.29, 1.82) is 0 Å². The quantitative estimate of drug-likeness (QED) is 0.607. The zero-order valence-electron chi connectivity index (χ0n) is 16.6. The largest absolute Gasteiger partial charge is 0.497 e. The van der Waals surface area contributed by atoms with Gasteiger partial charge in [0.15, 0.2) is 9.84 Å². The highest BCUT2D eigenvalue weighted by molar-refractivity contribution is 7.91. The molecule has 1 atom stereocenters. The molecule has 0 aliphatic carbocycles. The van der Waals surface area contributed by atoms with E-state index >= 15 is 0 Å². The van der Waals surface area contributed by atoms with Crippen LogP contribution in [0, 0.1) is 0 Å². The maximum Gasteiger partial charge on any atom is 0.257 e. The predicted molar refractivity (Wildman–Crippen MR) is 113 cm³/mol. The monoisotopic (exact) mass is 425 g/mol. The van der Waals surface area contributed by atoms with Gasteiger partial charge in [-0.15, -0.1) is 0 Å². The Morgan fingerprint density at radius 3 is 2.53 bits per heavy atom. The number of benzene rings is 2. The van der Waals surface area contributed by atoms with Crippen molar-refractivity contribution in [2.24, 2.45) is 0 Å². The van der Waals surface area contributed by atoms with Crippen molar-refractivity contribution in [3.05, 3.63) is 78.1 Å². The van der Waals surface area contributed by atoms with Crippen LogP contribution in [0.2, 0.25) is 0 Å². The van der Waals surface area contributed by atoms with Gasteiger partial charge in [-0.25, -0.2) is 13.1 Å². The van der Waals surface area contributed by atoms with Gasteiger partial charge >= 0.3 is 0 Å². The Morgan fingerprint density at radius 1 is 1.17 bits per heavy atom. The van der Waals surface area contributed by atoms with Crippen molar-refractivity contribution < 1.29 is 17.9 Å². The Bertz CT molecular complexity index is 1120. The number of rotatable bonds is 6. The second-order valence-electron chi connectivity index (χ2n) is 7.35. The molecule has 2 aromatic carbocycles. The van der Waals surface area contributed by atoms with Crippen molar-refractivity contribution >= 4 is 15.7 Å². The average molecular weight is 426 g/mol. The molecule has 0 bridgehead atoms. The number of para-hydroxylation sites is 1. The first kappa shape index (κ1) is 20.2. The molecule has 4 rings (SSSR count). The van der Waals surface area contributed by atoms with E-state index in [1.54, 1.807) is 22.9 Å². The molecule has 0 saturated carbocycles. The van der Waals surface area contributed by atoms with Crippen LogP contribution in [0.5, 0.6) is 5.75 Å². The Morgan fingerprint density at radius 2 is 1.90 bits per heavy atom. The summed E-state index contributed by atoms with van der Waals surface area (Å²) in [5, 5.41) is 4.31. The zero-order chi connectivity index (χ0) is 21.1. The Balaban J connectivity index is 1.61. The predicted octanol–water partition coefficient (Wildman–Crippen LogP) is 2.71. The van der Waals surface area contributed by atoms with Gasteiger partial charge < -0.3 is 9.64 Å². The van der Waals surface area contributed by atoms with Crippen LogP contribution in [0.4, 0.5) is 0 Å². The molecule has 0 spiro atoms. The summed E-state index contributed by atoms with van der Waals surface area (Å²) in [6.45, 7) is 0.319. The molecule has 3 aromatic rings. The molecule has 30 heavy (non-hydrogen) atoms. The second-order valence-corrected chi connectivity index (χ2v) is 9.58. The van der Waals surface area contributed by atoms with Gasteiger partial charge in [-0.2, -0.15) is 5.10 Å². The third kappa shape index (κ3) is 4.38. The van der Waals surface area contributed by atoms with Crippen molar-refractivity contribution in [2.45, 2.75) is 19.0 Å². The van der Waals surface area contributed by atoms with Gasteiger partial charge in [0, 0.05) is 18.8 Å². The van der Waals surface area contributed by atoms with Crippen LogP contribution in [0.15, 0.2) is 67.0 Å². The third-order valence-electron chi connectivity index (χ3n) is 5.27. The lowest BCUT2D eigenvalue weighted by molar-refractivity contribution is 0.0681. The van der Waals surface area contributed by atoms with Crippen LogP contribution < -0.4 is 4.74 Å². The van der Waals surface area contributed by atoms with Gasteiger partial charge in [0.05, 0.1) is 36.1 Å². The van der Waals surface area contributed by atoms with Gasteiger partial charge in [-0.3, -0.25) is 4.79 Å². The Kier molecular flexibility index (Phi) is 5.59. The number of aromatic nitrogens is 2. The van der Waals surface area contributed by atoms with Crippen molar-refractivity contribution in [3.8, 4) is 11.4 Å². The minimum atomic E-state index is -3.13. The smallest absolute Gasteiger partial charge is 0.257 e. The molecule has 0 radical (unpaired) electrons. The molecule has 1 aromatic heterocycles. The van der Waals surface area contributed by atoms with Crippen molar-refractivity contribution in [2.75, 3.05) is 18.6 Å². The van der Waals surface area contributed by atoms with E-state index in [2.05, 4.69) is 5.10 Å². The van der Waals surface area contributed by atoms with Crippen LogP contribution in [-0.2, 0) is 16.4 Å². The molecular formula is C22H23N3O4S. The Hall–Kier alpha value is -3.13. The summed E-state index contributed by atoms with van der Waals surface area (Å²) < 4.78 is 31.0. The van der Waals surface area contributed by atoms with E-state index in [1.165, 1.54) is 6.20 Å². The van der Waals surface area contributed by atoms with Gasteiger partial charge in [0.2, 0.25) is 0 Å². The molecule has 1 aliphatic rings. The summed E-state index contributed by atoms with van der Waals surface area (Å²) in [5.41, 5.74) is 2.18. The molecule has 1 unspecified atom stereocenters. The number of ether oxygens (including phenoxy) is 1. The van der Waals surface area contributed by atoms with Crippen LogP contribution in [-0.4, -0.2) is 53.7 Å². The highest BCUT2D eigenvalue weighted by Crippen LogP contribution is 2.23. The maximum absolute atomic E-state index is 13.4. The van der Waals surface area contributed by atoms with E-state index in [0.717, 1.165) is 17.0 Å².